The number of aromatic carboxylic acids is 1. The summed E-state index contributed by atoms with van der Waals surface area (Å²) in [6.45, 7) is 0.0975. The number of rotatable bonds is 5. The van der Waals surface area contributed by atoms with E-state index in [1.807, 2.05) is 30.3 Å². The van der Waals surface area contributed by atoms with Crippen molar-refractivity contribution in [2.24, 2.45) is 0 Å². The average molecular weight is 372 g/mol. The van der Waals surface area contributed by atoms with Crippen LogP contribution in [0.2, 0.25) is 0 Å². The Kier molecular flexibility index (Phi) is 4.64. The summed E-state index contributed by atoms with van der Waals surface area (Å²) in [5.74, 6) is -0.513. The summed E-state index contributed by atoms with van der Waals surface area (Å²) in [6, 6.07) is 21.0. The highest BCUT2D eigenvalue weighted by molar-refractivity contribution is 5.89. The van der Waals surface area contributed by atoms with Gasteiger partial charge in [-0.2, -0.15) is 0 Å². The molecule has 28 heavy (non-hydrogen) atoms. The number of carboxylic acids is 1. The Balaban J connectivity index is 1.63. The normalized spacial score (nSPS) is 10.7. The summed E-state index contributed by atoms with van der Waals surface area (Å²) in [5.41, 5.74) is 2.35. The van der Waals surface area contributed by atoms with Crippen molar-refractivity contribution < 1.29 is 19.1 Å². The van der Waals surface area contributed by atoms with E-state index >= 15 is 0 Å². The van der Waals surface area contributed by atoms with E-state index in [-0.39, 0.29) is 17.6 Å². The van der Waals surface area contributed by atoms with Crippen LogP contribution in [0.4, 0.5) is 0 Å². The van der Waals surface area contributed by atoms with Crippen molar-refractivity contribution >= 4 is 16.9 Å². The minimum absolute atomic E-state index is 0.0975. The Bertz CT molecular complexity index is 1210. The summed E-state index contributed by atoms with van der Waals surface area (Å²) >= 11 is 0. The number of carboxylic acid groups (broad SMARTS) is 1. The average Bonchev–Trinajstić information content (AvgIpc) is 2.73. The number of carbonyl (C=O) groups is 1. The molecule has 5 heteroatoms. The van der Waals surface area contributed by atoms with E-state index in [0.717, 1.165) is 5.56 Å². The van der Waals surface area contributed by atoms with E-state index in [4.69, 9.17) is 9.15 Å². The van der Waals surface area contributed by atoms with Gasteiger partial charge < -0.3 is 14.3 Å². The second-order valence-electron chi connectivity index (χ2n) is 6.25. The number of fused-ring (bicyclic) bond motifs is 1. The Labute approximate surface area is 160 Å². The van der Waals surface area contributed by atoms with Gasteiger partial charge in [0.05, 0.1) is 16.5 Å². The highest BCUT2D eigenvalue weighted by Crippen LogP contribution is 2.24. The maximum atomic E-state index is 12.8. The summed E-state index contributed by atoms with van der Waals surface area (Å²) in [6.07, 6.45) is 1.45. The molecule has 0 saturated carbocycles. The number of hydrogen-bond donors (Lipinski definition) is 1. The molecule has 1 N–H and O–H groups in total. The van der Waals surface area contributed by atoms with E-state index in [1.165, 1.54) is 12.3 Å². The van der Waals surface area contributed by atoms with Gasteiger partial charge in [-0.25, -0.2) is 4.79 Å². The highest BCUT2D eigenvalue weighted by Gasteiger charge is 2.12. The lowest BCUT2D eigenvalue weighted by molar-refractivity contribution is 0.0694. The van der Waals surface area contributed by atoms with Gasteiger partial charge in [0.25, 0.3) is 0 Å². The quantitative estimate of drug-likeness (QED) is 0.548. The van der Waals surface area contributed by atoms with Crippen molar-refractivity contribution in [2.75, 3.05) is 0 Å². The molecule has 0 spiro atoms. The number of hydrogen-bond acceptors (Lipinski definition) is 4. The fraction of sp³-hybridized carbons (Fsp3) is 0.0435. The van der Waals surface area contributed by atoms with Crippen LogP contribution < -0.4 is 10.2 Å². The number of ether oxygens (including phenoxy) is 1. The first-order valence-electron chi connectivity index (χ1n) is 8.68. The lowest BCUT2D eigenvalue weighted by Gasteiger charge is -2.09. The molecule has 0 saturated heterocycles. The van der Waals surface area contributed by atoms with Gasteiger partial charge in [0.1, 0.15) is 24.2 Å². The zero-order valence-corrected chi connectivity index (χ0v) is 14.8. The maximum absolute atomic E-state index is 12.8. The second kappa shape index (κ2) is 7.40. The molecular formula is C23H16O5. The van der Waals surface area contributed by atoms with Crippen LogP contribution in [-0.2, 0) is 6.61 Å². The molecule has 0 amide bonds. The van der Waals surface area contributed by atoms with Gasteiger partial charge in [0.2, 0.25) is 0 Å². The fourth-order valence-corrected chi connectivity index (χ4v) is 3.03. The van der Waals surface area contributed by atoms with Crippen LogP contribution in [0.3, 0.4) is 0 Å². The first-order chi connectivity index (χ1) is 13.6. The predicted molar refractivity (Wildman–Crippen MR) is 106 cm³/mol. The summed E-state index contributed by atoms with van der Waals surface area (Å²) in [7, 11) is 0. The zero-order chi connectivity index (χ0) is 19.5. The first-order valence-corrected chi connectivity index (χ1v) is 8.68. The molecule has 1 heterocycles. The van der Waals surface area contributed by atoms with Crippen LogP contribution in [-0.4, -0.2) is 11.1 Å². The highest BCUT2D eigenvalue weighted by atomic mass is 16.5. The molecule has 5 nitrogen and oxygen atoms in total. The Morgan fingerprint density at radius 1 is 0.964 bits per heavy atom. The molecule has 4 rings (SSSR count). The summed E-state index contributed by atoms with van der Waals surface area (Å²) in [5, 5.41) is 9.71. The molecule has 0 aliphatic carbocycles. The smallest absolute Gasteiger partial charge is 0.336 e. The molecule has 1 aromatic heterocycles. The summed E-state index contributed by atoms with van der Waals surface area (Å²) in [4.78, 5) is 24.1. The zero-order valence-electron chi connectivity index (χ0n) is 14.8. The molecule has 4 aromatic rings. The van der Waals surface area contributed by atoms with Crippen LogP contribution in [0.1, 0.15) is 15.9 Å². The minimum Gasteiger partial charge on any atom is -0.489 e. The third-order valence-corrected chi connectivity index (χ3v) is 4.47. The van der Waals surface area contributed by atoms with Crippen molar-refractivity contribution in [2.45, 2.75) is 6.61 Å². The molecule has 0 aliphatic heterocycles. The monoisotopic (exact) mass is 372 g/mol. The van der Waals surface area contributed by atoms with E-state index in [1.54, 1.807) is 36.4 Å². The Morgan fingerprint density at radius 2 is 1.71 bits per heavy atom. The number of benzene rings is 3. The Morgan fingerprint density at radius 3 is 2.50 bits per heavy atom. The minimum atomic E-state index is -1.00. The lowest BCUT2D eigenvalue weighted by atomic mass is 10.1. The van der Waals surface area contributed by atoms with Crippen LogP contribution >= 0.6 is 0 Å². The van der Waals surface area contributed by atoms with Crippen molar-refractivity contribution in [1.82, 2.24) is 0 Å². The van der Waals surface area contributed by atoms with Crippen molar-refractivity contribution in [3.8, 4) is 16.9 Å². The topological polar surface area (TPSA) is 76.7 Å². The predicted octanol–water partition coefficient (Wildman–Crippen LogP) is 4.74. The molecule has 0 aliphatic rings. The van der Waals surface area contributed by atoms with Crippen molar-refractivity contribution in [3.05, 3.63) is 100 Å². The molecule has 0 atom stereocenters. The standard InChI is InChI=1S/C23H16O5/c24-22-19-11-10-17(27-13-16-8-4-5-9-18(16)23(25)26)12-21(19)28-14-20(22)15-6-2-1-3-7-15/h1-12,14H,13H2,(H,25,26). The van der Waals surface area contributed by atoms with Crippen LogP contribution in [0.25, 0.3) is 22.1 Å². The van der Waals surface area contributed by atoms with E-state index in [0.29, 0.717) is 27.8 Å². The Hall–Kier alpha value is -3.86. The largest absolute Gasteiger partial charge is 0.489 e. The third-order valence-electron chi connectivity index (χ3n) is 4.47. The van der Waals surface area contributed by atoms with Crippen LogP contribution in [0, 0.1) is 0 Å². The second-order valence-corrected chi connectivity index (χ2v) is 6.25. The van der Waals surface area contributed by atoms with Crippen molar-refractivity contribution in [1.29, 1.82) is 0 Å². The fourth-order valence-electron chi connectivity index (χ4n) is 3.03. The SMILES string of the molecule is O=C(O)c1ccccc1COc1ccc2c(=O)c(-c3ccccc3)coc2c1. The summed E-state index contributed by atoms with van der Waals surface area (Å²) < 4.78 is 11.4. The van der Waals surface area contributed by atoms with Gasteiger partial charge in [0.15, 0.2) is 5.43 Å². The maximum Gasteiger partial charge on any atom is 0.336 e. The molecule has 138 valence electrons. The molecule has 3 aromatic carbocycles. The van der Waals surface area contributed by atoms with Gasteiger partial charge in [-0.05, 0) is 23.8 Å². The molecule has 0 unspecified atom stereocenters. The van der Waals surface area contributed by atoms with E-state index in [2.05, 4.69) is 0 Å². The lowest BCUT2D eigenvalue weighted by Crippen LogP contribution is -2.06. The van der Waals surface area contributed by atoms with Gasteiger partial charge in [-0.15, -0.1) is 0 Å². The van der Waals surface area contributed by atoms with Crippen molar-refractivity contribution in [3.63, 3.8) is 0 Å². The van der Waals surface area contributed by atoms with Gasteiger partial charge in [0, 0.05) is 11.6 Å². The van der Waals surface area contributed by atoms with E-state index < -0.39 is 5.97 Å². The van der Waals surface area contributed by atoms with Crippen LogP contribution in [0.15, 0.2) is 88.3 Å². The molecule has 0 bridgehead atoms. The van der Waals surface area contributed by atoms with Crippen LogP contribution in [0.5, 0.6) is 5.75 Å². The van der Waals surface area contributed by atoms with Gasteiger partial charge in [-0.1, -0.05) is 48.5 Å². The molecule has 0 fully saturated rings. The molecule has 0 radical (unpaired) electrons. The molecular weight excluding hydrogens is 356 g/mol. The van der Waals surface area contributed by atoms with E-state index in [9.17, 15) is 14.7 Å². The third kappa shape index (κ3) is 3.38. The first kappa shape index (κ1) is 17.5. The van der Waals surface area contributed by atoms with Gasteiger partial charge in [-0.3, -0.25) is 4.79 Å². The van der Waals surface area contributed by atoms with Gasteiger partial charge >= 0.3 is 5.97 Å².